The SMILES string of the molecule is CC.CC.CCC(=O)O.CCC(=O)O.CN=C(NC)NCc1nccs1.CNC(=CCc1nccs1)NC. The highest BCUT2D eigenvalue weighted by Gasteiger charge is 1.96. The number of aliphatic imine (C=N–C) groups is 1. The normalized spacial score (nSPS) is 8.74. The summed E-state index contributed by atoms with van der Waals surface area (Å²) in [4.78, 5) is 31.0. The van der Waals surface area contributed by atoms with Gasteiger partial charge in [-0.3, -0.25) is 14.6 Å². The fourth-order valence-corrected chi connectivity index (χ4v) is 2.79. The molecule has 0 spiro atoms. The summed E-state index contributed by atoms with van der Waals surface area (Å²) in [6.07, 6.45) is 7.03. The van der Waals surface area contributed by atoms with Crippen molar-refractivity contribution in [3.63, 3.8) is 0 Å². The van der Waals surface area contributed by atoms with Crippen molar-refractivity contribution in [3.05, 3.63) is 45.1 Å². The summed E-state index contributed by atoms with van der Waals surface area (Å²) in [6, 6.07) is 0. The van der Waals surface area contributed by atoms with E-state index >= 15 is 0 Å². The summed E-state index contributed by atoms with van der Waals surface area (Å²) in [5.74, 6) is 0.324. The van der Waals surface area contributed by atoms with Gasteiger partial charge in [0.05, 0.1) is 17.4 Å². The van der Waals surface area contributed by atoms with Crippen molar-refractivity contribution in [2.24, 2.45) is 4.99 Å². The summed E-state index contributed by atoms with van der Waals surface area (Å²) < 4.78 is 0. The number of rotatable bonds is 8. The van der Waals surface area contributed by atoms with E-state index in [1.807, 2.05) is 65.8 Å². The third-order valence-corrected chi connectivity index (χ3v) is 5.04. The number of guanidine groups is 1. The molecule has 13 heteroatoms. The largest absolute Gasteiger partial charge is 0.481 e. The first-order valence-electron chi connectivity index (χ1n) is 12.4. The number of aromatic nitrogens is 2. The molecule has 2 rings (SSSR count). The van der Waals surface area contributed by atoms with E-state index in [4.69, 9.17) is 10.2 Å². The highest BCUT2D eigenvalue weighted by molar-refractivity contribution is 7.09. The number of allylic oxidation sites excluding steroid dienone is 1. The number of carboxylic acid groups (broad SMARTS) is 2. The second-order valence-corrected chi connectivity index (χ2v) is 7.80. The lowest BCUT2D eigenvalue weighted by molar-refractivity contribution is -0.137. The minimum absolute atomic E-state index is 0.222. The Morgan fingerprint density at radius 3 is 1.58 bits per heavy atom. The van der Waals surface area contributed by atoms with Gasteiger partial charge in [0.2, 0.25) is 0 Å². The number of carboxylic acids is 2. The van der Waals surface area contributed by atoms with Crippen LogP contribution >= 0.6 is 22.7 Å². The second kappa shape index (κ2) is 33.8. The van der Waals surface area contributed by atoms with Gasteiger partial charge in [0, 0.05) is 70.6 Å². The van der Waals surface area contributed by atoms with Gasteiger partial charge in [-0.15, -0.1) is 22.7 Å². The van der Waals surface area contributed by atoms with Gasteiger partial charge in [0.25, 0.3) is 0 Å². The van der Waals surface area contributed by atoms with Gasteiger partial charge in [-0.2, -0.15) is 0 Å². The molecule has 0 bridgehead atoms. The Morgan fingerprint density at radius 1 is 0.868 bits per heavy atom. The van der Waals surface area contributed by atoms with Gasteiger partial charge >= 0.3 is 11.9 Å². The van der Waals surface area contributed by atoms with Gasteiger partial charge in [-0.25, -0.2) is 9.97 Å². The Morgan fingerprint density at radius 2 is 1.29 bits per heavy atom. The first-order chi connectivity index (χ1) is 18.3. The zero-order chi connectivity index (χ0) is 30.2. The van der Waals surface area contributed by atoms with Crippen molar-refractivity contribution in [1.82, 2.24) is 31.2 Å². The summed E-state index contributed by atoms with van der Waals surface area (Å²) >= 11 is 3.30. The molecule has 0 unspecified atom stereocenters. The van der Waals surface area contributed by atoms with E-state index in [1.54, 1.807) is 49.8 Å². The maximum atomic E-state index is 9.37. The average molecular weight is 576 g/mol. The van der Waals surface area contributed by atoms with Crippen LogP contribution in [0.1, 0.15) is 64.4 Å². The second-order valence-electron chi connectivity index (χ2n) is 5.84. The van der Waals surface area contributed by atoms with Gasteiger partial charge in [-0.05, 0) is 6.08 Å². The summed E-state index contributed by atoms with van der Waals surface area (Å²) in [5.41, 5.74) is 0. The van der Waals surface area contributed by atoms with Crippen molar-refractivity contribution in [3.8, 4) is 0 Å². The molecule has 0 aliphatic rings. The molecule has 0 amide bonds. The fraction of sp³-hybridized carbons (Fsp3) is 0.560. The Labute approximate surface area is 236 Å². The zero-order valence-corrected chi connectivity index (χ0v) is 26.2. The summed E-state index contributed by atoms with van der Waals surface area (Å²) in [6.45, 7) is 11.9. The fourth-order valence-electron chi connectivity index (χ4n) is 1.65. The third kappa shape index (κ3) is 30.8. The van der Waals surface area contributed by atoms with Crippen molar-refractivity contribution >= 4 is 40.6 Å². The van der Waals surface area contributed by atoms with Crippen molar-refractivity contribution in [2.75, 3.05) is 28.2 Å². The third-order valence-electron chi connectivity index (χ3n) is 3.46. The van der Waals surface area contributed by atoms with E-state index in [-0.39, 0.29) is 12.8 Å². The Hall–Kier alpha value is -3.19. The molecule has 6 N–H and O–H groups in total. The number of thiazole rings is 2. The minimum Gasteiger partial charge on any atom is -0.481 e. The number of aliphatic carboxylic acids is 2. The molecule has 0 atom stereocenters. The van der Waals surface area contributed by atoms with E-state index < -0.39 is 11.9 Å². The van der Waals surface area contributed by atoms with Crippen LogP contribution in [-0.4, -0.2) is 66.3 Å². The molecular formula is C25H49N7O4S2. The lowest BCUT2D eigenvalue weighted by Crippen LogP contribution is -2.33. The zero-order valence-electron chi connectivity index (χ0n) is 24.6. The molecular weight excluding hydrogens is 526 g/mol. The maximum absolute atomic E-state index is 9.37. The molecule has 0 saturated carbocycles. The molecule has 38 heavy (non-hydrogen) atoms. The standard InChI is InChI=1S/C8H13N3S.C7H12N4S.2C3H6O2.2C2H6/c1-9-7(10-2)3-4-8-11-5-6-12-8;1-8-7(9-2)11-5-6-10-3-4-12-6;2*1-2-3(4)5;2*1-2/h3,5-6,9-10H,4H2,1-2H3;3-4H,5H2,1-2H3,(H2,8,9,11);2*2H2,1H3,(H,4,5);2*1-2H3. The predicted octanol–water partition coefficient (Wildman–Crippen LogP) is 4.42. The Bertz CT molecular complexity index is 794. The molecule has 0 aliphatic carbocycles. The van der Waals surface area contributed by atoms with Gasteiger partial charge < -0.3 is 31.5 Å². The highest BCUT2D eigenvalue weighted by Crippen LogP contribution is 2.05. The molecule has 0 aliphatic heterocycles. The molecule has 11 nitrogen and oxygen atoms in total. The number of hydrogen-bond donors (Lipinski definition) is 6. The molecule has 2 aromatic heterocycles. The van der Waals surface area contributed by atoms with Crippen molar-refractivity contribution in [1.29, 1.82) is 0 Å². The number of carbonyl (C=O) groups is 2. The molecule has 2 heterocycles. The molecule has 0 aromatic carbocycles. The Kier molecular flexibility index (Phi) is 37.3. The van der Waals surface area contributed by atoms with Crippen molar-refractivity contribution in [2.45, 2.75) is 67.3 Å². The van der Waals surface area contributed by atoms with Crippen LogP contribution in [0.4, 0.5) is 0 Å². The Balaban J connectivity index is -0.000000208. The summed E-state index contributed by atoms with van der Waals surface area (Å²) in [7, 11) is 7.35. The van der Waals surface area contributed by atoms with Crippen LogP contribution in [0.2, 0.25) is 0 Å². The smallest absolute Gasteiger partial charge is 0.303 e. The lowest BCUT2D eigenvalue weighted by atomic mass is 10.4. The van der Waals surface area contributed by atoms with Gasteiger partial charge in [0.1, 0.15) is 5.01 Å². The monoisotopic (exact) mass is 575 g/mol. The molecule has 2 aromatic rings. The van der Waals surface area contributed by atoms with Crippen LogP contribution in [0, 0.1) is 0 Å². The lowest BCUT2D eigenvalue weighted by Gasteiger charge is -2.05. The van der Waals surface area contributed by atoms with Crippen LogP contribution in [0.5, 0.6) is 0 Å². The average Bonchev–Trinajstić information content (AvgIpc) is 3.68. The predicted molar refractivity (Wildman–Crippen MR) is 162 cm³/mol. The van der Waals surface area contributed by atoms with E-state index in [0.717, 1.165) is 34.8 Å². The first kappa shape index (κ1) is 41.9. The number of hydrogen-bond acceptors (Lipinski definition) is 9. The van der Waals surface area contributed by atoms with Crippen LogP contribution in [-0.2, 0) is 22.6 Å². The first-order valence-corrected chi connectivity index (χ1v) is 14.2. The quantitative estimate of drug-likeness (QED) is 0.196. The minimum atomic E-state index is -0.745. The highest BCUT2D eigenvalue weighted by atomic mass is 32.1. The molecule has 220 valence electrons. The number of nitrogens with zero attached hydrogens (tertiary/aromatic N) is 3. The van der Waals surface area contributed by atoms with Crippen molar-refractivity contribution < 1.29 is 19.8 Å². The molecule has 0 fully saturated rings. The van der Waals surface area contributed by atoms with E-state index in [9.17, 15) is 9.59 Å². The van der Waals surface area contributed by atoms with Gasteiger partial charge in [-0.1, -0.05) is 41.5 Å². The topological polar surface area (TPSA) is 161 Å². The molecule has 0 saturated heterocycles. The van der Waals surface area contributed by atoms with E-state index in [1.165, 1.54) is 0 Å². The van der Waals surface area contributed by atoms with Crippen LogP contribution in [0.25, 0.3) is 0 Å². The maximum Gasteiger partial charge on any atom is 0.303 e. The summed E-state index contributed by atoms with van der Waals surface area (Å²) in [5, 5.41) is 33.7. The molecule has 0 radical (unpaired) electrons. The van der Waals surface area contributed by atoms with Crippen LogP contribution < -0.4 is 21.3 Å². The number of nitrogens with one attached hydrogen (secondary N) is 4. The van der Waals surface area contributed by atoms with Crippen LogP contribution in [0.3, 0.4) is 0 Å². The van der Waals surface area contributed by atoms with E-state index in [2.05, 4.69) is 42.3 Å². The van der Waals surface area contributed by atoms with Gasteiger partial charge in [0.15, 0.2) is 5.96 Å². The van der Waals surface area contributed by atoms with E-state index in [0.29, 0.717) is 0 Å². The van der Waals surface area contributed by atoms with Crippen LogP contribution in [0.15, 0.2) is 40.0 Å².